The summed E-state index contributed by atoms with van der Waals surface area (Å²) >= 11 is 15.5. The Hall–Kier alpha value is -2.49. The zero-order valence-corrected chi connectivity index (χ0v) is 20.2. The van der Waals surface area contributed by atoms with Crippen LogP contribution in [0.3, 0.4) is 0 Å². The van der Waals surface area contributed by atoms with E-state index >= 15 is 0 Å². The number of hydrogen-bond donors (Lipinski definition) is 1. The first-order valence-corrected chi connectivity index (χ1v) is 11.1. The number of nitrogens with one attached hydrogen (secondary N) is 1. The number of anilines is 1. The molecule has 1 N–H and O–H groups in total. The van der Waals surface area contributed by atoms with Crippen molar-refractivity contribution in [3.8, 4) is 11.5 Å². The average molecular weight is 563 g/mol. The number of rotatable bonds is 8. The van der Waals surface area contributed by atoms with E-state index in [-0.39, 0.29) is 12.4 Å². The lowest BCUT2D eigenvalue weighted by Crippen LogP contribution is -2.05. The van der Waals surface area contributed by atoms with Gasteiger partial charge >= 0.3 is 6.18 Å². The third-order valence-electron chi connectivity index (χ3n) is 4.21. The van der Waals surface area contributed by atoms with E-state index in [0.29, 0.717) is 38.2 Å². The minimum atomic E-state index is -4.45. The number of halogens is 6. The maximum Gasteiger partial charge on any atom is 0.417 e. The Morgan fingerprint density at radius 2 is 1.82 bits per heavy atom. The summed E-state index contributed by atoms with van der Waals surface area (Å²) in [6.45, 7) is 2.50. The molecule has 0 aliphatic rings. The highest BCUT2D eigenvalue weighted by molar-refractivity contribution is 9.10. The summed E-state index contributed by atoms with van der Waals surface area (Å²) in [6, 6.07) is 10.8. The number of benzene rings is 2. The second kappa shape index (κ2) is 11.1. The van der Waals surface area contributed by atoms with Gasteiger partial charge in [0, 0.05) is 16.2 Å². The lowest BCUT2D eigenvalue weighted by atomic mass is 10.2. The molecule has 1 heterocycles. The van der Waals surface area contributed by atoms with Crippen molar-refractivity contribution in [3.05, 3.63) is 79.9 Å². The van der Waals surface area contributed by atoms with Gasteiger partial charge in [-0.3, -0.25) is 5.43 Å². The van der Waals surface area contributed by atoms with Crippen LogP contribution in [0.15, 0.2) is 58.2 Å². The smallest absolute Gasteiger partial charge is 0.417 e. The third kappa shape index (κ3) is 6.99. The Morgan fingerprint density at radius 1 is 1.06 bits per heavy atom. The molecule has 0 saturated carbocycles. The number of aromatic nitrogens is 1. The fraction of sp³-hybridized carbons (Fsp3) is 0.182. The van der Waals surface area contributed by atoms with Crippen LogP contribution in [0, 0.1) is 0 Å². The molecule has 2 aromatic carbocycles. The number of pyridine rings is 1. The van der Waals surface area contributed by atoms with Crippen molar-refractivity contribution < 1.29 is 22.6 Å². The molecule has 0 saturated heterocycles. The molecule has 0 aliphatic heterocycles. The molecule has 1 aromatic heterocycles. The minimum absolute atomic E-state index is 0.169. The summed E-state index contributed by atoms with van der Waals surface area (Å²) in [7, 11) is 0. The maximum atomic E-state index is 12.6. The Balaban J connectivity index is 1.72. The van der Waals surface area contributed by atoms with Crippen molar-refractivity contribution in [1.82, 2.24) is 4.98 Å². The molecule has 0 unspecified atom stereocenters. The van der Waals surface area contributed by atoms with Crippen LogP contribution in [0.5, 0.6) is 11.5 Å². The summed E-state index contributed by atoms with van der Waals surface area (Å²) in [5.74, 6) is 1.17. The van der Waals surface area contributed by atoms with E-state index in [2.05, 4.69) is 31.4 Å². The second-order valence-electron chi connectivity index (χ2n) is 6.59. The van der Waals surface area contributed by atoms with Crippen LogP contribution in [0.1, 0.15) is 23.6 Å². The molecule has 0 spiro atoms. The van der Waals surface area contributed by atoms with Gasteiger partial charge in [0.05, 0.1) is 28.4 Å². The van der Waals surface area contributed by atoms with Crippen molar-refractivity contribution in [1.29, 1.82) is 0 Å². The van der Waals surface area contributed by atoms with Gasteiger partial charge in [0.1, 0.15) is 12.4 Å². The van der Waals surface area contributed by atoms with Gasteiger partial charge in [-0.1, -0.05) is 29.3 Å². The Labute approximate surface area is 206 Å². The van der Waals surface area contributed by atoms with E-state index in [1.807, 2.05) is 13.0 Å². The lowest BCUT2D eigenvalue weighted by Gasteiger charge is -2.14. The van der Waals surface area contributed by atoms with Crippen molar-refractivity contribution in [2.45, 2.75) is 19.7 Å². The van der Waals surface area contributed by atoms with Gasteiger partial charge in [0.2, 0.25) is 0 Å². The Bertz CT molecular complexity index is 1140. The third-order valence-corrected chi connectivity index (χ3v) is 5.64. The van der Waals surface area contributed by atoms with E-state index in [4.69, 9.17) is 32.7 Å². The fourth-order valence-corrected chi connectivity index (χ4v) is 3.36. The van der Waals surface area contributed by atoms with Gasteiger partial charge in [-0.25, -0.2) is 4.98 Å². The van der Waals surface area contributed by atoms with E-state index in [0.717, 1.165) is 17.8 Å². The first kappa shape index (κ1) is 25.1. The molecule has 0 aliphatic carbocycles. The summed E-state index contributed by atoms with van der Waals surface area (Å²) in [5, 5.41) is 4.93. The Morgan fingerprint density at radius 3 is 2.45 bits per heavy atom. The number of hydrogen-bond acceptors (Lipinski definition) is 5. The highest BCUT2D eigenvalue weighted by Gasteiger charge is 2.30. The first-order valence-electron chi connectivity index (χ1n) is 9.52. The molecule has 0 bridgehead atoms. The van der Waals surface area contributed by atoms with E-state index in [1.165, 1.54) is 12.3 Å². The van der Waals surface area contributed by atoms with E-state index < -0.39 is 11.7 Å². The van der Waals surface area contributed by atoms with E-state index in [9.17, 15) is 13.2 Å². The minimum Gasteiger partial charge on any atom is -0.490 e. The molecular formula is C22H17BrCl2F3N3O2. The van der Waals surface area contributed by atoms with Crippen LogP contribution in [-0.4, -0.2) is 17.8 Å². The van der Waals surface area contributed by atoms with Crippen molar-refractivity contribution in [2.24, 2.45) is 5.10 Å². The van der Waals surface area contributed by atoms with Gasteiger partial charge in [-0.05, 0) is 64.8 Å². The molecule has 5 nitrogen and oxygen atoms in total. The molecule has 3 aromatic rings. The summed E-state index contributed by atoms with van der Waals surface area (Å²) in [4.78, 5) is 3.71. The quantitative estimate of drug-likeness (QED) is 0.227. The first-order chi connectivity index (χ1) is 15.7. The largest absolute Gasteiger partial charge is 0.490 e. The van der Waals surface area contributed by atoms with Crippen LogP contribution < -0.4 is 14.9 Å². The normalized spacial score (nSPS) is 11.6. The molecule has 3 rings (SSSR count). The average Bonchev–Trinajstić information content (AvgIpc) is 2.77. The highest BCUT2D eigenvalue weighted by atomic mass is 79.9. The molecule has 0 radical (unpaired) electrons. The van der Waals surface area contributed by atoms with Gasteiger partial charge in [0.25, 0.3) is 0 Å². The molecule has 0 fully saturated rings. The van der Waals surface area contributed by atoms with Crippen molar-refractivity contribution >= 4 is 51.2 Å². The van der Waals surface area contributed by atoms with Crippen molar-refractivity contribution in [2.75, 3.05) is 12.0 Å². The van der Waals surface area contributed by atoms with Gasteiger partial charge < -0.3 is 9.47 Å². The monoisotopic (exact) mass is 561 g/mol. The Kier molecular flexibility index (Phi) is 8.45. The summed E-state index contributed by atoms with van der Waals surface area (Å²) in [5.41, 5.74) is 3.25. The predicted molar refractivity (Wildman–Crippen MR) is 127 cm³/mol. The zero-order valence-electron chi connectivity index (χ0n) is 17.1. The fourth-order valence-electron chi connectivity index (χ4n) is 2.62. The van der Waals surface area contributed by atoms with Gasteiger partial charge in [-0.2, -0.15) is 18.3 Å². The molecule has 11 heteroatoms. The number of alkyl halides is 3. The van der Waals surface area contributed by atoms with Crippen LogP contribution in [0.25, 0.3) is 0 Å². The van der Waals surface area contributed by atoms with Crippen LogP contribution in [0.4, 0.5) is 19.0 Å². The second-order valence-corrected chi connectivity index (χ2v) is 8.26. The molecule has 0 atom stereocenters. The predicted octanol–water partition coefficient (Wildman–Crippen LogP) is 7.59. The van der Waals surface area contributed by atoms with Crippen LogP contribution in [-0.2, 0) is 12.8 Å². The standard InChI is InChI=1S/C22H17BrCl2F3N3O2/c1-2-32-19-8-14(10-30-31-21-6-4-15(11-29-21)22(26,27)28)16(23)9-20(19)33-12-13-3-5-17(24)18(25)7-13/h3-11H,2,12H2,1H3,(H,29,31)/b30-10-. The molecule has 0 amide bonds. The molecule has 33 heavy (non-hydrogen) atoms. The maximum absolute atomic E-state index is 12.6. The van der Waals surface area contributed by atoms with Crippen LogP contribution in [0.2, 0.25) is 10.0 Å². The SMILES string of the molecule is CCOc1cc(/C=N\Nc2ccc(C(F)(F)F)cn2)c(Br)cc1OCc1ccc(Cl)c(Cl)c1. The number of nitrogens with zero attached hydrogens (tertiary/aromatic N) is 2. The molecular weight excluding hydrogens is 546 g/mol. The highest BCUT2D eigenvalue weighted by Crippen LogP contribution is 2.34. The van der Waals surface area contributed by atoms with Crippen LogP contribution >= 0.6 is 39.1 Å². The van der Waals surface area contributed by atoms with E-state index in [1.54, 1.807) is 24.3 Å². The number of hydrazone groups is 1. The number of ether oxygens (including phenoxy) is 2. The summed E-state index contributed by atoms with van der Waals surface area (Å²) in [6.07, 6.45) is -2.23. The van der Waals surface area contributed by atoms with Gasteiger partial charge in [0.15, 0.2) is 11.5 Å². The topological polar surface area (TPSA) is 55.7 Å². The summed E-state index contributed by atoms with van der Waals surface area (Å²) < 4.78 is 50.1. The van der Waals surface area contributed by atoms with Gasteiger partial charge in [-0.15, -0.1) is 0 Å². The zero-order chi connectivity index (χ0) is 24.0. The lowest BCUT2D eigenvalue weighted by molar-refractivity contribution is -0.137. The molecule has 174 valence electrons. The van der Waals surface area contributed by atoms with Crippen molar-refractivity contribution in [3.63, 3.8) is 0 Å².